The third-order valence-electron chi connectivity index (χ3n) is 3.23. The highest BCUT2D eigenvalue weighted by atomic mass is 32.2. The Morgan fingerprint density at radius 2 is 1.76 bits per heavy atom. The maximum absolute atomic E-state index is 11.5. The summed E-state index contributed by atoms with van der Waals surface area (Å²) in [6.07, 6.45) is 1.92. The Morgan fingerprint density at radius 1 is 1.12 bits per heavy atom. The van der Waals surface area contributed by atoms with Gasteiger partial charge in [-0.1, -0.05) is 0 Å². The van der Waals surface area contributed by atoms with Crippen molar-refractivity contribution in [2.75, 3.05) is 11.5 Å². The lowest BCUT2D eigenvalue weighted by Gasteiger charge is -2.29. The number of imide groups is 1. The van der Waals surface area contributed by atoms with Gasteiger partial charge in [-0.15, -0.1) is 0 Å². The summed E-state index contributed by atoms with van der Waals surface area (Å²) in [5.41, 5.74) is 0. The summed E-state index contributed by atoms with van der Waals surface area (Å²) in [6, 6.07) is -0.305. The van der Waals surface area contributed by atoms with Gasteiger partial charge in [0.1, 0.15) is 9.84 Å². The van der Waals surface area contributed by atoms with Crippen LogP contribution in [0.15, 0.2) is 0 Å². The molecule has 7 heteroatoms. The fraction of sp³-hybridized carbons (Fsp3) is 0.800. The minimum atomic E-state index is -2.87. The molecule has 0 saturated carbocycles. The lowest BCUT2D eigenvalue weighted by molar-refractivity contribution is -0.134. The van der Waals surface area contributed by atoms with Crippen molar-refractivity contribution in [2.45, 2.75) is 37.8 Å². The zero-order valence-electron chi connectivity index (χ0n) is 9.44. The lowest BCUT2D eigenvalue weighted by Crippen LogP contribution is -2.54. The van der Waals surface area contributed by atoms with Crippen LogP contribution in [-0.2, 0) is 19.4 Å². The summed E-state index contributed by atoms with van der Waals surface area (Å²) in [5, 5.41) is 5.41. The first-order valence-corrected chi connectivity index (χ1v) is 7.58. The Balaban J connectivity index is 1.86. The van der Waals surface area contributed by atoms with Crippen LogP contribution >= 0.6 is 0 Å². The Kier molecular flexibility index (Phi) is 3.48. The average molecular weight is 260 g/mol. The van der Waals surface area contributed by atoms with E-state index in [0.717, 1.165) is 0 Å². The first-order chi connectivity index (χ1) is 7.96. The molecule has 0 aliphatic carbocycles. The Morgan fingerprint density at radius 3 is 2.35 bits per heavy atom. The van der Waals surface area contributed by atoms with Crippen LogP contribution in [0.4, 0.5) is 0 Å². The van der Waals surface area contributed by atoms with Crippen molar-refractivity contribution < 1.29 is 18.0 Å². The van der Waals surface area contributed by atoms with Crippen LogP contribution in [0.1, 0.15) is 25.7 Å². The van der Waals surface area contributed by atoms with Gasteiger partial charge in [0.25, 0.3) is 0 Å². The van der Waals surface area contributed by atoms with Crippen LogP contribution < -0.4 is 10.6 Å². The average Bonchev–Trinajstić information content (AvgIpc) is 2.25. The van der Waals surface area contributed by atoms with Gasteiger partial charge in [0.05, 0.1) is 17.5 Å². The highest BCUT2D eigenvalue weighted by Crippen LogP contribution is 2.14. The second-order valence-electron chi connectivity index (χ2n) is 4.60. The quantitative estimate of drug-likeness (QED) is 0.619. The molecule has 1 unspecified atom stereocenters. The molecule has 0 aromatic rings. The van der Waals surface area contributed by atoms with Crippen LogP contribution in [0.3, 0.4) is 0 Å². The third kappa shape index (κ3) is 3.26. The van der Waals surface area contributed by atoms with Crippen LogP contribution in [-0.4, -0.2) is 43.8 Å². The Bertz CT molecular complexity index is 418. The second-order valence-corrected chi connectivity index (χ2v) is 6.90. The van der Waals surface area contributed by atoms with Crippen molar-refractivity contribution in [3.8, 4) is 0 Å². The molecular formula is C10H16N2O4S. The zero-order chi connectivity index (χ0) is 12.5. The van der Waals surface area contributed by atoms with Crippen molar-refractivity contribution in [3.63, 3.8) is 0 Å². The van der Waals surface area contributed by atoms with Gasteiger partial charge in [0, 0.05) is 12.5 Å². The molecule has 0 aromatic heterocycles. The van der Waals surface area contributed by atoms with Crippen LogP contribution in [0.2, 0.25) is 0 Å². The van der Waals surface area contributed by atoms with E-state index in [-0.39, 0.29) is 35.4 Å². The molecule has 2 rings (SSSR count). The molecule has 6 nitrogen and oxygen atoms in total. The molecule has 2 N–H and O–H groups in total. The van der Waals surface area contributed by atoms with E-state index in [2.05, 4.69) is 10.6 Å². The van der Waals surface area contributed by atoms with Gasteiger partial charge in [0.2, 0.25) is 11.8 Å². The predicted molar refractivity (Wildman–Crippen MR) is 61.0 cm³/mol. The monoisotopic (exact) mass is 260 g/mol. The number of carbonyl (C=O) groups excluding carboxylic acids is 2. The van der Waals surface area contributed by atoms with Crippen molar-refractivity contribution in [1.82, 2.24) is 10.6 Å². The molecule has 17 heavy (non-hydrogen) atoms. The molecule has 1 atom stereocenters. The number of sulfone groups is 1. The van der Waals surface area contributed by atoms with Crippen molar-refractivity contribution in [3.05, 3.63) is 0 Å². The Labute approximate surface area is 100 Å². The summed E-state index contributed by atoms with van der Waals surface area (Å²) in [4.78, 5) is 22.5. The number of carbonyl (C=O) groups is 2. The van der Waals surface area contributed by atoms with Gasteiger partial charge < -0.3 is 5.32 Å². The minimum Gasteiger partial charge on any atom is -0.303 e. The lowest BCUT2D eigenvalue weighted by atomic mass is 10.0. The predicted octanol–water partition coefficient (Wildman–Crippen LogP) is -1.04. The topological polar surface area (TPSA) is 92.3 Å². The first-order valence-electron chi connectivity index (χ1n) is 5.76. The van der Waals surface area contributed by atoms with E-state index in [1.54, 1.807) is 0 Å². The molecule has 2 aliphatic heterocycles. The molecule has 0 radical (unpaired) electrons. The van der Waals surface area contributed by atoms with Crippen LogP contribution in [0, 0.1) is 0 Å². The van der Waals surface area contributed by atoms with E-state index in [1.807, 2.05) is 0 Å². The Hall–Kier alpha value is -0.950. The molecule has 0 spiro atoms. The van der Waals surface area contributed by atoms with E-state index in [1.165, 1.54) is 0 Å². The largest absolute Gasteiger partial charge is 0.303 e. The van der Waals surface area contributed by atoms with E-state index < -0.39 is 9.84 Å². The number of nitrogens with one attached hydrogen (secondary N) is 2. The summed E-state index contributed by atoms with van der Waals surface area (Å²) in [6.45, 7) is 0. The van der Waals surface area contributed by atoms with Crippen LogP contribution in [0.25, 0.3) is 0 Å². The maximum Gasteiger partial charge on any atom is 0.243 e. The standard InChI is InChI=1S/C10H16N2O4S/c13-9-2-1-8(10(14)12-9)11-7-3-5-17(15,16)6-4-7/h7-8,11H,1-6H2,(H,12,13,14). The van der Waals surface area contributed by atoms with Crippen molar-refractivity contribution in [2.24, 2.45) is 0 Å². The number of hydrogen-bond acceptors (Lipinski definition) is 5. The molecule has 2 heterocycles. The smallest absolute Gasteiger partial charge is 0.243 e. The van der Waals surface area contributed by atoms with Crippen LogP contribution in [0.5, 0.6) is 0 Å². The van der Waals surface area contributed by atoms with Gasteiger partial charge in [-0.05, 0) is 19.3 Å². The molecule has 2 amide bonds. The SMILES string of the molecule is O=C1CCC(NC2CCS(=O)(=O)CC2)C(=O)N1. The van der Waals surface area contributed by atoms with Gasteiger partial charge in [-0.3, -0.25) is 14.9 Å². The fourth-order valence-electron chi connectivity index (χ4n) is 2.19. The number of piperidine rings is 1. The van der Waals surface area contributed by atoms with E-state index >= 15 is 0 Å². The fourth-order valence-corrected chi connectivity index (χ4v) is 3.69. The van der Waals surface area contributed by atoms with Crippen molar-refractivity contribution >= 4 is 21.7 Å². The summed E-state index contributed by atoms with van der Waals surface area (Å²) < 4.78 is 22.5. The molecular weight excluding hydrogens is 244 g/mol. The maximum atomic E-state index is 11.5. The first kappa shape index (κ1) is 12.5. The number of rotatable bonds is 2. The van der Waals surface area contributed by atoms with E-state index in [9.17, 15) is 18.0 Å². The van der Waals surface area contributed by atoms with E-state index in [0.29, 0.717) is 25.7 Å². The zero-order valence-corrected chi connectivity index (χ0v) is 10.3. The molecule has 2 saturated heterocycles. The molecule has 2 fully saturated rings. The summed E-state index contributed by atoms with van der Waals surface area (Å²) in [5.74, 6) is -0.176. The summed E-state index contributed by atoms with van der Waals surface area (Å²) in [7, 11) is -2.87. The highest BCUT2D eigenvalue weighted by Gasteiger charge is 2.30. The number of amides is 2. The molecule has 96 valence electrons. The third-order valence-corrected chi connectivity index (χ3v) is 4.95. The van der Waals surface area contributed by atoms with E-state index in [4.69, 9.17) is 0 Å². The van der Waals surface area contributed by atoms with Gasteiger partial charge in [-0.2, -0.15) is 0 Å². The molecule has 0 bridgehead atoms. The van der Waals surface area contributed by atoms with Crippen molar-refractivity contribution in [1.29, 1.82) is 0 Å². The number of hydrogen-bond donors (Lipinski definition) is 2. The molecule has 2 aliphatic rings. The minimum absolute atomic E-state index is 0.0578. The van der Waals surface area contributed by atoms with Gasteiger partial charge >= 0.3 is 0 Å². The van der Waals surface area contributed by atoms with Gasteiger partial charge in [-0.25, -0.2) is 8.42 Å². The summed E-state index contributed by atoms with van der Waals surface area (Å²) >= 11 is 0. The molecule has 0 aromatic carbocycles. The normalized spacial score (nSPS) is 30.0. The highest BCUT2D eigenvalue weighted by molar-refractivity contribution is 7.91. The van der Waals surface area contributed by atoms with Gasteiger partial charge in [0.15, 0.2) is 0 Å². The second kappa shape index (κ2) is 4.73.